The van der Waals surface area contributed by atoms with Crippen LogP contribution < -0.4 is 5.32 Å². The number of amides is 1. The van der Waals surface area contributed by atoms with E-state index in [9.17, 15) is 19.7 Å². The summed E-state index contributed by atoms with van der Waals surface area (Å²) in [5.41, 5.74) is -1.88. The van der Waals surface area contributed by atoms with Gasteiger partial charge in [-0.25, -0.2) is 0 Å². The van der Waals surface area contributed by atoms with Crippen molar-refractivity contribution in [2.75, 3.05) is 13.2 Å². The van der Waals surface area contributed by atoms with Crippen molar-refractivity contribution >= 4 is 11.7 Å². The Morgan fingerprint density at radius 1 is 1.36 bits per heavy atom. The molecule has 0 spiro atoms. The van der Waals surface area contributed by atoms with E-state index in [4.69, 9.17) is 4.74 Å². The van der Waals surface area contributed by atoms with Crippen molar-refractivity contribution < 1.29 is 19.2 Å². The fraction of sp³-hybridized carbons (Fsp3) is 0.556. The molecule has 2 atom stereocenters. The molecule has 0 saturated carbocycles. The smallest absolute Gasteiger partial charge is 0.276 e. The first kappa shape index (κ1) is 19.1. The van der Waals surface area contributed by atoms with Gasteiger partial charge in [0.2, 0.25) is 5.78 Å². The third kappa shape index (κ3) is 4.04. The fourth-order valence-corrected chi connectivity index (χ4v) is 3.11. The molecule has 0 bridgehead atoms. The van der Waals surface area contributed by atoms with Crippen LogP contribution in [0.15, 0.2) is 30.3 Å². The average Bonchev–Trinajstić information content (AvgIpc) is 2.79. The van der Waals surface area contributed by atoms with Gasteiger partial charge in [-0.1, -0.05) is 50.1 Å². The maximum Gasteiger partial charge on any atom is 0.276 e. The molecule has 1 fully saturated rings. The van der Waals surface area contributed by atoms with Gasteiger partial charge in [-0.2, -0.15) is 0 Å². The maximum atomic E-state index is 13.2. The summed E-state index contributed by atoms with van der Waals surface area (Å²) >= 11 is 0. The van der Waals surface area contributed by atoms with Gasteiger partial charge < -0.3 is 10.1 Å². The summed E-state index contributed by atoms with van der Waals surface area (Å²) in [6.07, 6.45) is 2.98. The lowest BCUT2D eigenvalue weighted by Gasteiger charge is -2.31. The van der Waals surface area contributed by atoms with Crippen molar-refractivity contribution in [1.29, 1.82) is 0 Å². The Bertz CT molecular complexity index is 619. The van der Waals surface area contributed by atoms with E-state index in [-0.39, 0.29) is 18.6 Å². The third-order valence-electron chi connectivity index (χ3n) is 4.45. The first-order chi connectivity index (χ1) is 12.0. The van der Waals surface area contributed by atoms with E-state index in [1.807, 2.05) is 6.92 Å². The standard InChI is InChI=1S/C18H24N2O5/c1-2-3-7-13-25-18(16(21)14-9-5-4-6-10-14)15(20(23)24)11-8-12-19-17(18)22/h4-6,9-10,15H,2-3,7-8,11-13H2,1H3,(H,19,22). The average molecular weight is 348 g/mol. The predicted octanol–water partition coefficient (Wildman–Crippen LogP) is 2.37. The first-order valence-electron chi connectivity index (χ1n) is 8.69. The molecular formula is C18H24N2O5. The number of carbonyl (C=O) groups excluding carboxylic acids is 2. The summed E-state index contributed by atoms with van der Waals surface area (Å²) in [4.78, 5) is 37.1. The Kier molecular flexibility index (Phi) is 6.64. The molecule has 0 aromatic heterocycles. The van der Waals surface area contributed by atoms with Gasteiger partial charge in [-0.05, 0) is 12.8 Å². The monoisotopic (exact) mass is 348 g/mol. The van der Waals surface area contributed by atoms with Gasteiger partial charge in [0.05, 0.1) is 0 Å². The Balaban J connectivity index is 2.45. The van der Waals surface area contributed by atoms with Crippen LogP contribution in [0.4, 0.5) is 0 Å². The largest absolute Gasteiger partial charge is 0.353 e. The van der Waals surface area contributed by atoms with E-state index in [0.717, 1.165) is 12.8 Å². The van der Waals surface area contributed by atoms with Crippen molar-refractivity contribution in [3.8, 4) is 0 Å². The number of unbranched alkanes of at least 4 members (excludes halogenated alkanes) is 2. The molecule has 7 nitrogen and oxygen atoms in total. The number of hydrogen-bond donors (Lipinski definition) is 1. The molecule has 7 heteroatoms. The number of hydrogen-bond acceptors (Lipinski definition) is 5. The van der Waals surface area contributed by atoms with E-state index in [1.54, 1.807) is 30.3 Å². The molecule has 0 radical (unpaired) electrons. The number of ketones is 1. The minimum absolute atomic E-state index is 0.109. The minimum Gasteiger partial charge on any atom is -0.353 e. The predicted molar refractivity (Wildman–Crippen MR) is 92.0 cm³/mol. The number of rotatable bonds is 8. The van der Waals surface area contributed by atoms with Crippen LogP contribution in [0.2, 0.25) is 0 Å². The van der Waals surface area contributed by atoms with E-state index < -0.39 is 28.3 Å². The second-order valence-electron chi connectivity index (χ2n) is 6.19. The summed E-state index contributed by atoms with van der Waals surface area (Å²) in [5, 5.41) is 14.3. The van der Waals surface area contributed by atoms with Crippen molar-refractivity contribution in [2.45, 2.75) is 50.7 Å². The molecule has 1 heterocycles. The Morgan fingerprint density at radius 2 is 2.08 bits per heavy atom. The van der Waals surface area contributed by atoms with Gasteiger partial charge in [0.25, 0.3) is 17.6 Å². The fourth-order valence-electron chi connectivity index (χ4n) is 3.11. The topological polar surface area (TPSA) is 98.5 Å². The van der Waals surface area contributed by atoms with Gasteiger partial charge in [0.15, 0.2) is 0 Å². The SMILES string of the molecule is CCCCCOC1(C(=O)c2ccccc2)C(=O)NCCCC1[N+](=O)[O-]. The van der Waals surface area contributed by atoms with Gasteiger partial charge >= 0.3 is 0 Å². The van der Waals surface area contributed by atoms with Crippen molar-refractivity contribution in [1.82, 2.24) is 5.32 Å². The zero-order valence-electron chi connectivity index (χ0n) is 14.4. The van der Waals surface area contributed by atoms with Gasteiger partial charge in [-0.3, -0.25) is 19.7 Å². The lowest BCUT2D eigenvalue weighted by atomic mass is 9.83. The van der Waals surface area contributed by atoms with Crippen LogP contribution >= 0.6 is 0 Å². The van der Waals surface area contributed by atoms with Crippen LogP contribution in [0, 0.1) is 10.1 Å². The van der Waals surface area contributed by atoms with Crippen LogP contribution in [0.1, 0.15) is 49.4 Å². The quantitative estimate of drug-likeness (QED) is 0.256. The van der Waals surface area contributed by atoms with Crippen LogP contribution in [0.5, 0.6) is 0 Å². The highest BCUT2D eigenvalue weighted by atomic mass is 16.6. The maximum absolute atomic E-state index is 13.2. The summed E-state index contributed by atoms with van der Waals surface area (Å²) in [7, 11) is 0. The number of Topliss-reactive ketones (excluding diaryl/α,β-unsaturated/α-hetero) is 1. The minimum atomic E-state index is -2.12. The Labute approximate surface area is 146 Å². The van der Waals surface area contributed by atoms with Gasteiger partial charge in [0.1, 0.15) is 0 Å². The van der Waals surface area contributed by atoms with Crippen LogP contribution in [-0.2, 0) is 9.53 Å². The zero-order valence-corrected chi connectivity index (χ0v) is 14.4. The number of nitrogens with one attached hydrogen (secondary N) is 1. The molecule has 0 aliphatic carbocycles. The van der Waals surface area contributed by atoms with E-state index in [1.165, 1.54) is 0 Å². The molecule has 2 rings (SSSR count). The molecule has 1 saturated heterocycles. The van der Waals surface area contributed by atoms with Crippen LogP contribution in [0.3, 0.4) is 0 Å². The zero-order chi connectivity index (χ0) is 18.3. The van der Waals surface area contributed by atoms with Crippen LogP contribution in [0.25, 0.3) is 0 Å². The van der Waals surface area contributed by atoms with Crippen molar-refractivity contribution in [2.24, 2.45) is 0 Å². The number of ether oxygens (including phenoxy) is 1. The summed E-state index contributed by atoms with van der Waals surface area (Å²) < 4.78 is 5.75. The molecule has 1 aliphatic heterocycles. The molecule has 1 amide bonds. The molecule has 25 heavy (non-hydrogen) atoms. The lowest BCUT2D eigenvalue weighted by molar-refractivity contribution is -0.538. The van der Waals surface area contributed by atoms with E-state index in [2.05, 4.69) is 5.32 Å². The van der Waals surface area contributed by atoms with Gasteiger partial charge in [-0.15, -0.1) is 0 Å². The molecule has 1 aromatic rings. The van der Waals surface area contributed by atoms with Gasteiger partial charge in [0, 0.05) is 30.1 Å². The molecule has 2 unspecified atom stereocenters. The highest BCUT2D eigenvalue weighted by Crippen LogP contribution is 2.30. The third-order valence-corrected chi connectivity index (χ3v) is 4.45. The molecule has 136 valence electrons. The van der Waals surface area contributed by atoms with E-state index >= 15 is 0 Å². The van der Waals surface area contributed by atoms with Crippen molar-refractivity contribution in [3.63, 3.8) is 0 Å². The summed E-state index contributed by atoms with van der Waals surface area (Å²) in [6.45, 7) is 2.44. The molecule has 1 N–H and O–H groups in total. The second kappa shape index (κ2) is 8.71. The summed E-state index contributed by atoms with van der Waals surface area (Å²) in [6, 6.07) is 6.76. The van der Waals surface area contributed by atoms with E-state index in [0.29, 0.717) is 19.4 Å². The Hall–Kier alpha value is -2.28. The first-order valence-corrected chi connectivity index (χ1v) is 8.69. The highest BCUT2D eigenvalue weighted by molar-refractivity contribution is 6.17. The number of nitrogens with zero attached hydrogens (tertiary/aromatic N) is 1. The number of carbonyl (C=O) groups is 2. The lowest BCUT2D eigenvalue weighted by Crippen LogP contribution is -2.62. The number of nitro groups is 1. The van der Waals surface area contributed by atoms with Crippen molar-refractivity contribution in [3.05, 3.63) is 46.0 Å². The molecule has 1 aliphatic rings. The molecule has 1 aromatic carbocycles. The molecular weight excluding hydrogens is 324 g/mol. The normalized spacial score (nSPS) is 23.6. The highest BCUT2D eigenvalue weighted by Gasteiger charge is 2.60. The number of benzene rings is 1. The summed E-state index contributed by atoms with van der Waals surface area (Å²) in [5.74, 6) is -1.36. The Morgan fingerprint density at radius 3 is 2.72 bits per heavy atom. The van der Waals surface area contributed by atoms with Crippen LogP contribution in [-0.4, -0.2) is 41.4 Å². The second-order valence-corrected chi connectivity index (χ2v) is 6.19.